The number of aliphatic hydroxyl groups excluding tert-OH is 1. The van der Waals surface area contributed by atoms with Crippen LogP contribution in [0.3, 0.4) is 0 Å². The lowest BCUT2D eigenvalue weighted by molar-refractivity contribution is -0.132. The molecule has 0 aliphatic rings. The van der Waals surface area contributed by atoms with Gasteiger partial charge >= 0.3 is 5.97 Å². The lowest BCUT2D eigenvalue weighted by Gasteiger charge is -2.01. The average Bonchev–Trinajstić information content (AvgIpc) is 2.02. The summed E-state index contributed by atoms with van der Waals surface area (Å²) in [6.45, 7) is 6.39. The highest BCUT2D eigenvalue weighted by Gasteiger charge is 2.08. The monoisotopic (exact) mass is 168 g/mol. The molecule has 3 nitrogen and oxygen atoms in total. The van der Waals surface area contributed by atoms with Crippen molar-refractivity contribution in [3.8, 4) is 0 Å². The lowest BCUT2D eigenvalue weighted by atomic mass is 10.1. The maximum absolute atomic E-state index is 10.4. The minimum absolute atomic E-state index is 0.0643. The van der Waals surface area contributed by atoms with Gasteiger partial charge in [0.1, 0.15) is 5.76 Å². The van der Waals surface area contributed by atoms with Gasteiger partial charge in [-0.1, -0.05) is 18.7 Å². The zero-order chi connectivity index (χ0) is 9.72. The third-order valence-corrected chi connectivity index (χ3v) is 1.42. The second-order valence-electron chi connectivity index (χ2n) is 2.36. The molecule has 0 saturated carbocycles. The van der Waals surface area contributed by atoms with Gasteiger partial charge in [-0.15, -0.1) is 0 Å². The Kier molecular flexibility index (Phi) is 3.83. The van der Waals surface area contributed by atoms with Crippen molar-refractivity contribution in [1.82, 2.24) is 0 Å². The minimum Gasteiger partial charge on any atom is -0.507 e. The maximum atomic E-state index is 10.4. The Bertz CT molecular complexity index is 259. The van der Waals surface area contributed by atoms with Crippen molar-refractivity contribution < 1.29 is 15.0 Å². The molecule has 0 spiro atoms. The predicted molar refractivity (Wildman–Crippen MR) is 46.9 cm³/mol. The summed E-state index contributed by atoms with van der Waals surface area (Å²) in [7, 11) is 0. The summed E-state index contributed by atoms with van der Waals surface area (Å²) in [6, 6.07) is 0. The molecule has 0 heterocycles. The molecule has 0 aliphatic heterocycles. The Morgan fingerprint density at radius 1 is 1.33 bits per heavy atom. The van der Waals surface area contributed by atoms with Crippen molar-refractivity contribution in [2.24, 2.45) is 0 Å². The first-order chi connectivity index (χ1) is 5.50. The molecule has 66 valence electrons. The molecule has 0 radical (unpaired) electrons. The van der Waals surface area contributed by atoms with Crippen LogP contribution in [0.1, 0.15) is 13.8 Å². The van der Waals surface area contributed by atoms with E-state index in [0.717, 1.165) is 0 Å². The van der Waals surface area contributed by atoms with Crippen LogP contribution < -0.4 is 0 Å². The molecule has 0 aromatic carbocycles. The van der Waals surface area contributed by atoms with E-state index in [9.17, 15) is 9.90 Å². The van der Waals surface area contributed by atoms with Crippen molar-refractivity contribution in [3.05, 3.63) is 35.6 Å². The predicted octanol–water partition coefficient (Wildman–Crippen LogP) is 2.04. The molecule has 0 aromatic rings. The van der Waals surface area contributed by atoms with Gasteiger partial charge in [-0.25, -0.2) is 4.79 Å². The highest BCUT2D eigenvalue weighted by atomic mass is 16.4. The first kappa shape index (κ1) is 10.5. The number of allylic oxidation sites excluding steroid dienone is 3. The number of carbonyl (C=O) groups is 1. The summed E-state index contributed by atoms with van der Waals surface area (Å²) in [5, 5.41) is 17.8. The highest BCUT2D eigenvalue weighted by Crippen LogP contribution is 2.10. The maximum Gasteiger partial charge on any atom is 0.335 e. The lowest BCUT2D eigenvalue weighted by Crippen LogP contribution is -2.01. The summed E-state index contributed by atoms with van der Waals surface area (Å²) >= 11 is 0. The molecule has 0 fully saturated rings. The number of aliphatic carboxylic acids is 1. The van der Waals surface area contributed by atoms with Gasteiger partial charge in [0.2, 0.25) is 0 Å². The number of carboxylic acid groups (broad SMARTS) is 1. The van der Waals surface area contributed by atoms with Gasteiger partial charge in [-0.3, -0.25) is 0 Å². The SMILES string of the molecule is C=C/C=C(C)/C(O)=C(\C)C(=O)O. The number of hydrogen-bond donors (Lipinski definition) is 2. The summed E-state index contributed by atoms with van der Waals surface area (Å²) in [5.41, 5.74) is 0.426. The van der Waals surface area contributed by atoms with E-state index in [1.807, 2.05) is 0 Å². The summed E-state index contributed by atoms with van der Waals surface area (Å²) < 4.78 is 0. The van der Waals surface area contributed by atoms with E-state index < -0.39 is 5.97 Å². The van der Waals surface area contributed by atoms with Crippen LogP contribution in [-0.2, 0) is 4.79 Å². The van der Waals surface area contributed by atoms with E-state index >= 15 is 0 Å². The normalized spacial score (nSPS) is 13.7. The minimum atomic E-state index is -1.12. The second-order valence-corrected chi connectivity index (χ2v) is 2.36. The number of aliphatic hydroxyl groups is 1. The van der Waals surface area contributed by atoms with Crippen LogP contribution in [0.25, 0.3) is 0 Å². The third kappa shape index (κ3) is 2.62. The summed E-state index contributed by atoms with van der Waals surface area (Å²) in [6.07, 6.45) is 3.03. The van der Waals surface area contributed by atoms with Gasteiger partial charge in [0.05, 0.1) is 5.57 Å². The average molecular weight is 168 g/mol. The molecule has 0 rings (SSSR count). The highest BCUT2D eigenvalue weighted by molar-refractivity contribution is 5.87. The van der Waals surface area contributed by atoms with Crippen LogP contribution in [0, 0.1) is 0 Å². The van der Waals surface area contributed by atoms with Crippen LogP contribution in [0.4, 0.5) is 0 Å². The molecule has 0 unspecified atom stereocenters. The number of rotatable bonds is 3. The van der Waals surface area contributed by atoms with Crippen molar-refractivity contribution in [2.45, 2.75) is 13.8 Å². The first-order valence-corrected chi connectivity index (χ1v) is 3.43. The topological polar surface area (TPSA) is 57.5 Å². The quantitative estimate of drug-likeness (QED) is 0.385. The molecule has 0 atom stereocenters. The van der Waals surface area contributed by atoms with Crippen molar-refractivity contribution >= 4 is 5.97 Å². The van der Waals surface area contributed by atoms with Crippen LogP contribution in [-0.4, -0.2) is 16.2 Å². The van der Waals surface area contributed by atoms with Crippen LogP contribution >= 0.6 is 0 Å². The molecule has 0 aliphatic carbocycles. The Hall–Kier alpha value is -1.51. The fourth-order valence-electron chi connectivity index (χ4n) is 0.653. The van der Waals surface area contributed by atoms with Crippen molar-refractivity contribution in [1.29, 1.82) is 0 Å². The molecule has 3 heteroatoms. The zero-order valence-corrected chi connectivity index (χ0v) is 7.16. The Labute approximate surface area is 71.3 Å². The standard InChI is InChI=1S/C9H12O3/c1-4-5-6(2)8(10)7(3)9(11)12/h4-5,10H,1H2,2-3H3,(H,11,12)/b6-5+,8-7-. The molecule has 0 bridgehead atoms. The second kappa shape index (κ2) is 4.38. The van der Waals surface area contributed by atoms with E-state index in [1.165, 1.54) is 13.0 Å². The van der Waals surface area contributed by atoms with E-state index in [4.69, 9.17) is 5.11 Å². The molecule has 2 N–H and O–H groups in total. The fraction of sp³-hybridized carbons (Fsp3) is 0.222. The molecule has 0 saturated heterocycles. The number of hydrogen-bond acceptors (Lipinski definition) is 2. The van der Waals surface area contributed by atoms with Crippen molar-refractivity contribution in [2.75, 3.05) is 0 Å². The van der Waals surface area contributed by atoms with Gasteiger partial charge in [0.15, 0.2) is 0 Å². The first-order valence-electron chi connectivity index (χ1n) is 3.43. The van der Waals surface area contributed by atoms with Gasteiger partial charge in [0, 0.05) is 0 Å². The Balaban J connectivity index is 4.90. The molecular formula is C9H12O3. The van der Waals surface area contributed by atoms with Crippen LogP contribution in [0.5, 0.6) is 0 Å². The van der Waals surface area contributed by atoms with Gasteiger partial charge in [-0.05, 0) is 19.4 Å². The summed E-state index contributed by atoms with van der Waals surface area (Å²) in [4.78, 5) is 10.4. The number of carboxylic acids is 1. The summed E-state index contributed by atoms with van der Waals surface area (Å²) in [5.74, 6) is -1.33. The van der Waals surface area contributed by atoms with E-state index in [-0.39, 0.29) is 11.3 Å². The van der Waals surface area contributed by atoms with E-state index in [2.05, 4.69) is 6.58 Å². The molecule has 0 amide bonds. The van der Waals surface area contributed by atoms with Crippen molar-refractivity contribution in [3.63, 3.8) is 0 Å². The largest absolute Gasteiger partial charge is 0.507 e. The molecular weight excluding hydrogens is 156 g/mol. The van der Waals surface area contributed by atoms with Crippen LogP contribution in [0.2, 0.25) is 0 Å². The third-order valence-electron chi connectivity index (χ3n) is 1.42. The van der Waals surface area contributed by atoms with E-state index in [1.54, 1.807) is 13.0 Å². The van der Waals surface area contributed by atoms with Crippen LogP contribution in [0.15, 0.2) is 35.6 Å². The zero-order valence-electron chi connectivity index (χ0n) is 7.16. The molecule has 12 heavy (non-hydrogen) atoms. The fourth-order valence-corrected chi connectivity index (χ4v) is 0.653. The van der Waals surface area contributed by atoms with Gasteiger partial charge in [-0.2, -0.15) is 0 Å². The molecule has 0 aromatic heterocycles. The Morgan fingerprint density at radius 2 is 1.83 bits per heavy atom. The van der Waals surface area contributed by atoms with Gasteiger partial charge < -0.3 is 10.2 Å². The Morgan fingerprint density at radius 3 is 2.17 bits per heavy atom. The van der Waals surface area contributed by atoms with E-state index in [0.29, 0.717) is 5.57 Å². The van der Waals surface area contributed by atoms with Gasteiger partial charge in [0.25, 0.3) is 0 Å². The smallest absolute Gasteiger partial charge is 0.335 e.